The molecule has 1 aromatic carbocycles. The summed E-state index contributed by atoms with van der Waals surface area (Å²) in [4.78, 5) is 22.7. The van der Waals surface area contributed by atoms with Crippen molar-refractivity contribution < 1.29 is 14.3 Å². The van der Waals surface area contributed by atoms with Gasteiger partial charge in [0.15, 0.2) is 0 Å². The molecule has 0 saturated carbocycles. The number of rotatable bonds is 2. The molecule has 1 fully saturated rings. The monoisotopic (exact) mass is 253 g/mol. The molecule has 90 valence electrons. The molecule has 0 bridgehead atoms. The van der Waals surface area contributed by atoms with Gasteiger partial charge in [-0.15, -0.1) is 0 Å². The van der Waals surface area contributed by atoms with E-state index in [-0.39, 0.29) is 30.6 Å². The number of carbonyl (C=O) groups is 2. The van der Waals surface area contributed by atoms with E-state index in [9.17, 15) is 9.59 Å². The van der Waals surface area contributed by atoms with Crippen LogP contribution in [-0.4, -0.2) is 18.9 Å². The summed E-state index contributed by atoms with van der Waals surface area (Å²) in [5, 5.41) is 2.80. The van der Waals surface area contributed by atoms with Gasteiger partial charge in [0.25, 0.3) is 0 Å². The predicted molar refractivity (Wildman–Crippen MR) is 63.1 cm³/mol. The van der Waals surface area contributed by atoms with Crippen LogP contribution in [0.2, 0.25) is 5.02 Å². The quantitative estimate of drug-likeness (QED) is 0.819. The number of benzene rings is 1. The number of hydrogen-bond acceptors (Lipinski definition) is 3. The number of hydrogen-bond donors (Lipinski definition) is 1. The summed E-state index contributed by atoms with van der Waals surface area (Å²) in [5.41, 5.74) is 0.736. The number of carbonyl (C=O) groups excluding carboxylic acids is 2. The minimum absolute atomic E-state index is 0.208. The fourth-order valence-electron chi connectivity index (χ4n) is 2.07. The van der Waals surface area contributed by atoms with Crippen molar-refractivity contribution >= 4 is 23.4 Å². The molecular weight excluding hydrogens is 242 g/mol. The van der Waals surface area contributed by atoms with E-state index >= 15 is 0 Å². The van der Waals surface area contributed by atoms with E-state index in [0.717, 1.165) is 5.56 Å². The first-order chi connectivity index (χ1) is 8.11. The summed E-state index contributed by atoms with van der Waals surface area (Å²) in [6, 6.07) is 5.28. The zero-order valence-corrected chi connectivity index (χ0v) is 10.1. The van der Waals surface area contributed by atoms with E-state index in [0.29, 0.717) is 10.8 Å². The molecule has 1 aliphatic heterocycles. The largest absolute Gasteiger partial charge is 0.496 e. The molecule has 17 heavy (non-hydrogen) atoms. The SMILES string of the molecule is COc1cccc(Cl)c1C1CC(=O)NC(=O)C1. The Balaban J connectivity index is 2.39. The number of piperidine rings is 1. The van der Waals surface area contributed by atoms with Gasteiger partial charge >= 0.3 is 0 Å². The molecule has 1 heterocycles. The van der Waals surface area contributed by atoms with Crippen molar-refractivity contribution in [3.05, 3.63) is 28.8 Å². The second-order valence-electron chi connectivity index (χ2n) is 3.93. The first-order valence-electron chi connectivity index (χ1n) is 5.27. The van der Waals surface area contributed by atoms with E-state index < -0.39 is 0 Å². The molecular formula is C12H12ClNO3. The third-order valence-corrected chi connectivity index (χ3v) is 3.11. The normalized spacial score (nSPS) is 16.8. The van der Waals surface area contributed by atoms with Crippen LogP contribution in [0.5, 0.6) is 5.75 Å². The van der Waals surface area contributed by atoms with Crippen LogP contribution in [0.3, 0.4) is 0 Å². The third kappa shape index (κ3) is 2.42. The first kappa shape index (κ1) is 11.9. The van der Waals surface area contributed by atoms with Crippen molar-refractivity contribution in [1.82, 2.24) is 5.32 Å². The molecule has 0 unspecified atom stereocenters. The Bertz CT molecular complexity index is 457. The van der Waals surface area contributed by atoms with E-state index in [1.807, 2.05) is 0 Å². The highest BCUT2D eigenvalue weighted by atomic mass is 35.5. The lowest BCUT2D eigenvalue weighted by atomic mass is 9.88. The van der Waals surface area contributed by atoms with Crippen molar-refractivity contribution in [2.75, 3.05) is 7.11 Å². The molecule has 2 amide bonds. The lowest BCUT2D eigenvalue weighted by Crippen LogP contribution is -2.37. The van der Waals surface area contributed by atoms with Crippen LogP contribution in [0.1, 0.15) is 24.3 Å². The zero-order valence-electron chi connectivity index (χ0n) is 9.33. The average molecular weight is 254 g/mol. The Labute approximate surface area is 104 Å². The summed E-state index contributed by atoms with van der Waals surface area (Å²) in [7, 11) is 1.54. The van der Waals surface area contributed by atoms with Crippen LogP contribution in [0.25, 0.3) is 0 Å². The van der Waals surface area contributed by atoms with Gasteiger partial charge in [-0.3, -0.25) is 14.9 Å². The van der Waals surface area contributed by atoms with Crippen LogP contribution in [-0.2, 0) is 9.59 Å². The highest BCUT2D eigenvalue weighted by Crippen LogP contribution is 2.38. The summed E-state index contributed by atoms with van der Waals surface area (Å²) in [5.74, 6) is -0.133. The van der Waals surface area contributed by atoms with Crippen LogP contribution < -0.4 is 10.1 Å². The van der Waals surface area contributed by atoms with Crippen molar-refractivity contribution in [1.29, 1.82) is 0 Å². The van der Waals surface area contributed by atoms with E-state index in [1.54, 1.807) is 25.3 Å². The topological polar surface area (TPSA) is 55.4 Å². The molecule has 1 aliphatic rings. The second-order valence-corrected chi connectivity index (χ2v) is 4.34. The van der Waals surface area contributed by atoms with Gasteiger partial charge in [-0.1, -0.05) is 17.7 Å². The number of amides is 2. The van der Waals surface area contributed by atoms with Crippen molar-refractivity contribution in [3.8, 4) is 5.75 Å². The molecule has 0 aliphatic carbocycles. The molecule has 1 N–H and O–H groups in total. The molecule has 0 radical (unpaired) electrons. The van der Waals surface area contributed by atoms with Gasteiger partial charge in [-0.25, -0.2) is 0 Å². The highest BCUT2D eigenvalue weighted by Gasteiger charge is 2.29. The van der Waals surface area contributed by atoms with Gasteiger partial charge < -0.3 is 4.74 Å². The van der Waals surface area contributed by atoms with Crippen molar-refractivity contribution in [3.63, 3.8) is 0 Å². The third-order valence-electron chi connectivity index (χ3n) is 2.78. The number of halogens is 1. The summed E-state index contributed by atoms with van der Waals surface area (Å²) >= 11 is 6.11. The fraction of sp³-hybridized carbons (Fsp3) is 0.333. The molecule has 2 rings (SSSR count). The molecule has 5 heteroatoms. The lowest BCUT2D eigenvalue weighted by molar-refractivity contribution is -0.133. The minimum atomic E-state index is -0.270. The predicted octanol–water partition coefficient (Wildman–Crippen LogP) is 1.87. The molecule has 0 aromatic heterocycles. The lowest BCUT2D eigenvalue weighted by Gasteiger charge is -2.23. The molecule has 4 nitrogen and oxygen atoms in total. The van der Waals surface area contributed by atoms with Crippen molar-refractivity contribution in [2.45, 2.75) is 18.8 Å². The van der Waals surface area contributed by atoms with Crippen LogP contribution >= 0.6 is 11.6 Å². The average Bonchev–Trinajstić information content (AvgIpc) is 2.27. The van der Waals surface area contributed by atoms with Gasteiger partial charge in [0, 0.05) is 29.3 Å². The Morgan fingerprint density at radius 1 is 1.29 bits per heavy atom. The molecule has 0 spiro atoms. The highest BCUT2D eigenvalue weighted by molar-refractivity contribution is 6.31. The van der Waals surface area contributed by atoms with Gasteiger partial charge in [-0.05, 0) is 12.1 Å². The zero-order chi connectivity index (χ0) is 12.4. The first-order valence-corrected chi connectivity index (χ1v) is 5.64. The molecule has 1 aromatic rings. The Hall–Kier alpha value is -1.55. The maximum atomic E-state index is 11.4. The van der Waals surface area contributed by atoms with Crippen LogP contribution in [0.15, 0.2) is 18.2 Å². The van der Waals surface area contributed by atoms with Gasteiger partial charge in [0.05, 0.1) is 7.11 Å². The van der Waals surface area contributed by atoms with Crippen molar-refractivity contribution in [2.24, 2.45) is 0 Å². The van der Waals surface area contributed by atoms with Gasteiger partial charge in [0.2, 0.25) is 11.8 Å². The van der Waals surface area contributed by atoms with E-state index in [4.69, 9.17) is 16.3 Å². The number of ether oxygens (including phenoxy) is 1. The number of methoxy groups -OCH3 is 1. The summed E-state index contributed by atoms with van der Waals surface area (Å²) < 4.78 is 5.22. The Morgan fingerprint density at radius 3 is 2.53 bits per heavy atom. The maximum Gasteiger partial charge on any atom is 0.227 e. The second kappa shape index (κ2) is 4.75. The molecule has 1 saturated heterocycles. The Kier molecular flexibility index (Phi) is 3.33. The van der Waals surface area contributed by atoms with E-state index in [1.165, 1.54) is 0 Å². The van der Waals surface area contributed by atoms with Crippen LogP contribution in [0.4, 0.5) is 0 Å². The smallest absolute Gasteiger partial charge is 0.227 e. The van der Waals surface area contributed by atoms with Crippen LogP contribution in [0, 0.1) is 0 Å². The fourth-order valence-corrected chi connectivity index (χ4v) is 2.39. The van der Waals surface area contributed by atoms with Gasteiger partial charge in [0.1, 0.15) is 5.75 Å². The standard InChI is InChI=1S/C12H12ClNO3/c1-17-9-4-2-3-8(13)12(9)7-5-10(15)14-11(16)6-7/h2-4,7H,5-6H2,1H3,(H,14,15,16). The minimum Gasteiger partial charge on any atom is -0.496 e. The summed E-state index contributed by atoms with van der Waals surface area (Å²) in [6.45, 7) is 0. The summed E-state index contributed by atoms with van der Waals surface area (Å²) in [6.07, 6.45) is 0.512. The van der Waals surface area contributed by atoms with E-state index in [2.05, 4.69) is 5.32 Å². The maximum absolute atomic E-state index is 11.4. The Morgan fingerprint density at radius 2 is 1.94 bits per heavy atom. The number of nitrogens with one attached hydrogen (secondary N) is 1. The number of imide groups is 1. The van der Waals surface area contributed by atoms with Gasteiger partial charge in [-0.2, -0.15) is 0 Å². The molecule has 0 atom stereocenters.